The zero-order valence-corrected chi connectivity index (χ0v) is 15.7. The summed E-state index contributed by atoms with van der Waals surface area (Å²) < 4.78 is 10.5. The number of carbonyl (C=O) groups is 2. The van der Waals surface area contributed by atoms with E-state index in [-0.39, 0.29) is 30.0 Å². The molecule has 8 nitrogen and oxygen atoms in total. The maximum atomic E-state index is 9.60. The Morgan fingerprint density at radius 1 is 0.880 bits per heavy atom. The van der Waals surface area contributed by atoms with Crippen molar-refractivity contribution < 1.29 is 39.5 Å². The Morgan fingerprint density at radius 2 is 1.20 bits per heavy atom. The number of aliphatic carboxylic acids is 2. The van der Waals surface area contributed by atoms with Gasteiger partial charge >= 0.3 is 11.9 Å². The van der Waals surface area contributed by atoms with Gasteiger partial charge in [0.15, 0.2) is 0 Å². The minimum atomic E-state index is -0.935. The van der Waals surface area contributed by atoms with E-state index < -0.39 is 18.0 Å². The summed E-state index contributed by atoms with van der Waals surface area (Å²) in [5.74, 6) is -1.87. The van der Waals surface area contributed by atoms with Crippen LogP contribution >= 0.6 is 0 Å². The molecule has 0 saturated carbocycles. The number of carboxylic acid groups (broad SMARTS) is 2. The molecular formula is C17H32O8. The quantitative estimate of drug-likeness (QED) is 0.452. The van der Waals surface area contributed by atoms with Crippen molar-refractivity contribution in [3.05, 3.63) is 24.3 Å². The molecular weight excluding hydrogens is 332 g/mol. The molecule has 0 aromatic rings. The molecule has 4 N–H and O–H groups in total. The van der Waals surface area contributed by atoms with Crippen LogP contribution in [0.5, 0.6) is 0 Å². The fourth-order valence-corrected chi connectivity index (χ4v) is 0.704. The molecule has 0 aliphatic carbocycles. The van der Waals surface area contributed by atoms with Crippen LogP contribution in [0, 0.1) is 0 Å². The van der Waals surface area contributed by atoms with E-state index in [4.69, 9.17) is 29.9 Å². The molecule has 0 rings (SSSR count). The molecule has 0 aromatic carbocycles. The number of ether oxygens (including phenoxy) is 2. The highest BCUT2D eigenvalue weighted by Crippen LogP contribution is 1.97. The zero-order valence-electron chi connectivity index (χ0n) is 15.7. The van der Waals surface area contributed by atoms with Crippen LogP contribution in [0.3, 0.4) is 0 Å². The van der Waals surface area contributed by atoms with Crippen molar-refractivity contribution >= 4 is 11.9 Å². The van der Waals surface area contributed by atoms with Crippen molar-refractivity contribution in [2.24, 2.45) is 0 Å². The first-order valence-electron chi connectivity index (χ1n) is 7.64. The van der Waals surface area contributed by atoms with Gasteiger partial charge in [-0.05, 0) is 34.6 Å². The van der Waals surface area contributed by atoms with Crippen LogP contribution in [-0.4, -0.2) is 70.5 Å². The lowest BCUT2D eigenvalue weighted by Gasteiger charge is -2.16. The van der Waals surface area contributed by atoms with Gasteiger partial charge in [0.2, 0.25) is 0 Å². The van der Waals surface area contributed by atoms with E-state index >= 15 is 0 Å². The van der Waals surface area contributed by atoms with Crippen molar-refractivity contribution in [2.45, 2.75) is 52.9 Å². The van der Waals surface area contributed by atoms with Crippen LogP contribution in [-0.2, 0) is 19.1 Å². The zero-order chi connectivity index (χ0) is 20.6. The molecule has 0 amide bonds. The van der Waals surface area contributed by atoms with Crippen LogP contribution < -0.4 is 0 Å². The van der Waals surface area contributed by atoms with Gasteiger partial charge < -0.3 is 29.9 Å². The van der Waals surface area contributed by atoms with E-state index in [2.05, 4.69) is 13.2 Å². The summed E-state index contributed by atoms with van der Waals surface area (Å²) in [5.41, 5.74) is 0.352. The molecule has 0 heterocycles. The number of aliphatic hydroxyl groups is 2. The first-order chi connectivity index (χ1) is 11.3. The third kappa shape index (κ3) is 27.4. The second-order valence-electron chi connectivity index (χ2n) is 5.49. The monoisotopic (exact) mass is 364 g/mol. The van der Waals surface area contributed by atoms with Crippen LogP contribution in [0.25, 0.3) is 0 Å². The summed E-state index contributed by atoms with van der Waals surface area (Å²) in [4.78, 5) is 19.2. The molecule has 3 atom stereocenters. The van der Waals surface area contributed by atoms with Gasteiger partial charge in [-0.25, -0.2) is 9.59 Å². The lowest BCUT2D eigenvalue weighted by atomic mass is 10.4. The highest BCUT2D eigenvalue weighted by atomic mass is 16.5. The average Bonchev–Trinajstić information content (AvgIpc) is 2.51. The SMILES string of the molecule is C=C(C)C(=O)O.C=C(C)C(=O)O.CC(O)COC(C)COC(C)CO. The molecule has 0 fully saturated rings. The Kier molecular flexibility index (Phi) is 19.2. The van der Waals surface area contributed by atoms with Crippen LogP contribution in [0.1, 0.15) is 34.6 Å². The number of hydrogen-bond acceptors (Lipinski definition) is 6. The van der Waals surface area contributed by atoms with E-state index in [1.807, 2.05) is 6.92 Å². The van der Waals surface area contributed by atoms with E-state index in [0.29, 0.717) is 13.2 Å². The third-order valence-electron chi connectivity index (χ3n) is 2.22. The first kappa shape index (κ1) is 28.1. The normalized spacial score (nSPS) is 13.1. The minimum Gasteiger partial charge on any atom is -0.478 e. The van der Waals surface area contributed by atoms with Gasteiger partial charge in [0.25, 0.3) is 0 Å². The maximum Gasteiger partial charge on any atom is 0.330 e. The van der Waals surface area contributed by atoms with Crippen molar-refractivity contribution in [3.8, 4) is 0 Å². The molecule has 0 saturated heterocycles. The highest BCUT2D eigenvalue weighted by Gasteiger charge is 2.07. The van der Waals surface area contributed by atoms with Gasteiger partial charge in [-0.2, -0.15) is 0 Å². The minimum absolute atomic E-state index is 0.0170. The molecule has 0 aliphatic rings. The summed E-state index contributed by atoms with van der Waals surface area (Å²) in [6, 6.07) is 0. The van der Waals surface area contributed by atoms with E-state index in [1.165, 1.54) is 13.8 Å². The van der Waals surface area contributed by atoms with Crippen molar-refractivity contribution in [2.75, 3.05) is 19.8 Å². The van der Waals surface area contributed by atoms with Crippen molar-refractivity contribution in [1.29, 1.82) is 0 Å². The van der Waals surface area contributed by atoms with E-state index in [1.54, 1.807) is 13.8 Å². The lowest BCUT2D eigenvalue weighted by molar-refractivity contribution is -0.133. The molecule has 0 bridgehead atoms. The second-order valence-corrected chi connectivity index (χ2v) is 5.49. The lowest BCUT2D eigenvalue weighted by Crippen LogP contribution is -2.24. The predicted octanol–water partition coefficient (Wildman–Crippen LogP) is 1.46. The van der Waals surface area contributed by atoms with Gasteiger partial charge in [0.1, 0.15) is 0 Å². The molecule has 0 aromatic heterocycles. The number of rotatable bonds is 9. The van der Waals surface area contributed by atoms with Crippen LogP contribution in [0.4, 0.5) is 0 Å². The third-order valence-corrected chi connectivity index (χ3v) is 2.22. The summed E-state index contributed by atoms with van der Waals surface area (Å²) in [6.45, 7) is 15.3. The van der Waals surface area contributed by atoms with Gasteiger partial charge in [0, 0.05) is 11.1 Å². The molecule has 0 radical (unpaired) electrons. The molecule has 8 heteroatoms. The Balaban J connectivity index is -0.000000336. The van der Waals surface area contributed by atoms with Crippen LogP contribution in [0.2, 0.25) is 0 Å². The van der Waals surface area contributed by atoms with Gasteiger partial charge in [-0.1, -0.05) is 13.2 Å². The smallest absolute Gasteiger partial charge is 0.330 e. The largest absolute Gasteiger partial charge is 0.478 e. The van der Waals surface area contributed by atoms with Crippen molar-refractivity contribution in [3.63, 3.8) is 0 Å². The first-order valence-corrected chi connectivity index (χ1v) is 7.64. The summed E-state index contributed by atoms with van der Waals surface area (Å²) in [6.07, 6.45) is -0.654. The predicted molar refractivity (Wildman–Crippen MR) is 94.5 cm³/mol. The average molecular weight is 364 g/mol. The topological polar surface area (TPSA) is 134 Å². The Bertz CT molecular complexity index is 355. The number of aliphatic hydroxyl groups excluding tert-OH is 2. The molecule has 3 unspecified atom stereocenters. The van der Waals surface area contributed by atoms with Gasteiger partial charge in [-0.3, -0.25) is 0 Å². The maximum absolute atomic E-state index is 9.60. The Labute approximate surface area is 149 Å². The number of hydrogen-bond donors (Lipinski definition) is 4. The van der Waals surface area contributed by atoms with E-state index in [9.17, 15) is 9.59 Å². The number of carboxylic acids is 2. The van der Waals surface area contributed by atoms with E-state index in [0.717, 1.165) is 0 Å². The Morgan fingerprint density at radius 3 is 1.44 bits per heavy atom. The molecule has 25 heavy (non-hydrogen) atoms. The Hall–Kier alpha value is -1.74. The second kappa shape index (κ2) is 17.1. The molecule has 0 aliphatic heterocycles. The molecule has 148 valence electrons. The fraction of sp³-hybridized carbons (Fsp3) is 0.647. The highest BCUT2D eigenvalue weighted by molar-refractivity contribution is 5.85. The molecule has 0 spiro atoms. The van der Waals surface area contributed by atoms with Gasteiger partial charge in [-0.15, -0.1) is 0 Å². The van der Waals surface area contributed by atoms with Crippen molar-refractivity contribution in [1.82, 2.24) is 0 Å². The fourth-order valence-electron chi connectivity index (χ4n) is 0.704. The van der Waals surface area contributed by atoms with Crippen LogP contribution in [0.15, 0.2) is 24.3 Å². The summed E-state index contributed by atoms with van der Waals surface area (Å²) in [5, 5.41) is 33.4. The van der Waals surface area contributed by atoms with Gasteiger partial charge in [0.05, 0.1) is 38.1 Å². The standard InChI is InChI=1S/C9H20O4.2C4H6O2/c1-7(11)5-12-9(3)6-13-8(2)4-10;2*1-3(2)4(5)6/h7-11H,4-6H2,1-3H3;2*1H2,2H3,(H,5,6). The summed E-state index contributed by atoms with van der Waals surface area (Å²) >= 11 is 0. The summed E-state index contributed by atoms with van der Waals surface area (Å²) in [7, 11) is 0.